The molecular weight excluding hydrogens is 324 g/mol. The molecule has 128 valence electrons. The minimum atomic E-state index is 0.150. The number of nitriles is 1. The number of para-hydroxylation sites is 1. The third-order valence-corrected chi connectivity index (χ3v) is 4.66. The summed E-state index contributed by atoms with van der Waals surface area (Å²) in [6.45, 7) is 2.75. The minimum Gasteiger partial charge on any atom is -0.494 e. The molecule has 2 aromatic heterocycles. The Morgan fingerprint density at radius 1 is 1.15 bits per heavy atom. The van der Waals surface area contributed by atoms with Gasteiger partial charge in [-0.15, -0.1) is 0 Å². The zero-order chi connectivity index (χ0) is 18.3. The Kier molecular flexibility index (Phi) is 3.74. The number of aromatic nitrogens is 2. The molecule has 26 heavy (non-hydrogen) atoms. The van der Waals surface area contributed by atoms with Gasteiger partial charge < -0.3 is 15.4 Å². The van der Waals surface area contributed by atoms with Gasteiger partial charge in [0, 0.05) is 29.3 Å². The molecule has 0 fully saturated rings. The molecule has 0 atom stereocenters. The number of hydrogen-bond acceptors (Lipinski definition) is 4. The molecular formula is C21H18N4O. The second-order valence-corrected chi connectivity index (χ2v) is 6.29. The first-order valence-corrected chi connectivity index (χ1v) is 8.55. The van der Waals surface area contributed by atoms with Gasteiger partial charge in [0.2, 0.25) is 5.88 Å². The molecule has 2 heterocycles. The third-order valence-electron chi connectivity index (χ3n) is 4.66. The molecule has 5 nitrogen and oxygen atoms in total. The number of hydrogen-bond donors (Lipinski definition) is 2. The van der Waals surface area contributed by atoms with Crippen LogP contribution in [0.15, 0.2) is 48.7 Å². The molecule has 5 heteroatoms. The summed E-state index contributed by atoms with van der Waals surface area (Å²) in [6, 6.07) is 15.4. The molecule has 0 aliphatic rings. The second-order valence-electron chi connectivity index (χ2n) is 6.29. The number of anilines is 1. The molecule has 4 rings (SSSR count). The summed E-state index contributed by atoms with van der Waals surface area (Å²) in [5.41, 5.74) is 10.6. The normalized spacial score (nSPS) is 11.1. The minimum absolute atomic E-state index is 0.150. The van der Waals surface area contributed by atoms with Crippen LogP contribution in [0.3, 0.4) is 0 Å². The van der Waals surface area contributed by atoms with E-state index in [1.54, 1.807) is 10.6 Å². The molecule has 0 bridgehead atoms. The number of aryl methyl sites for hydroxylation is 1. The van der Waals surface area contributed by atoms with Gasteiger partial charge in [-0.05, 0) is 12.5 Å². The molecule has 0 amide bonds. The van der Waals surface area contributed by atoms with Gasteiger partial charge in [0.1, 0.15) is 0 Å². The van der Waals surface area contributed by atoms with Crippen LogP contribution >= 0.6 is 0 Å². The standard InChI is InChI=1S/C21H18N4O/c1-2-10-25-12-17-18(21(25)26)19(23)16-9-5-8-15(20(16)24-17)14-7-4-3-6-13(14)11-22/h3-9,12,26H,2,10,23H2,1H3. The van der Waals surface area contributed by atoms with E-state index in [1.807, 2.05) is 49.5 Å². The van der Waals surface area contributed by atoms with E-state index in [1.165, 1.54) is 0 Å². The lowest BCUT2D eigenvalue weighted by atomic mass is 9.97. The Hall–Kier alpha value is -3.52. The van der Waals surface area contributed by atoms with Crippen LogP contribution in [0.2, 0.25) is 0 Å². The van der Waals surface area contributed by atoms with Crippen molar-refractivity contribution >= 4 is 27.5 Å². The largest absolute Gasteiger partial charge is 0.494 e. The van der Waals surface area contributed by atoms with Crippen molar-refractivity contribution in [3.8, 4) is 23.1 Å². The number of rotatable bonds is 3. The number of nitrogens with zero attached hydrogens (tertiary/aromatic N) is 3. The lowest BCUT2D eigenvalue weighted by Crippen LogP contribution is -1.94. The maximum Gasteiger partial charge on any atom is 0.202 e. The Labute approximate surface area is 150 Å². The highest BCUT2D eigenvalue weighted by Gasteiger charge is 2.18. The third kappa shape index (κ3) is 2.27. The number of nitrogen functional groups attached to an aromatic ring is 1. The van der Waals surface area contributed by atoms with Gasteiger partial charge >= 0.3 is 0 Å². The van der Waals surface area contributed by atoms with E-state index in [-0.39, 0.29) is 5.88 Å². The summed E-state index contributed by atoms with van der Waals surface area (Å²) in [5, 5.41) is 21.3. The predicted octanol–water partition coefficient (Wildman–Crippen LogP) is 4.43. The maximum atomic E-state index is 10.5. The Balaban J connectivity index is 2.09. The molecule has 0 aliphatic carbocycles. The van der Waals surface area contributed by atoms with Crippen molar-refractivity contribution in [1.82, 2.24) is 9.55 Å². The van der Waals surface area contributed by atoms with Crippen molar-refractivity contribution in [2.45, 2.75) is 19.9 Å². The molecule has 0 radical (unpaired) electrons. The quantitative estimate of drug-likeness (QED) is 0.576. The number of pyridine rings is 1. The van der Waals surface area contributed by atoms with E-state index in [0.29, 0.717) is 28.7 Å². The van der Waals surface area contributed by atoms with Crippen LogP contribution in [0.1, 0.15) is 18.9 Å². The van der Waals surface area contributed by atoms with Crippen molar-refractivity contribution in [3.05, 3.63) is 54.2 Å². The van der Waals surface area contributed by atoms with Gasteiger partial charge in [-0.1, -0.05) is 43.3 Å². The topological polar surface area (TPSA) is 87.9 Å². The zero-order valence-corrected chi connectivity index (χ0v) is 14.4. The molecule has 0 unspecified atom stereocenters. The van der Waals surface area contributed by atoms with E-state index >= 15 is 0 Å². The second kappa shape index (κ2) is 6.08. The van der Waals surface area contributed by atoms with E-state index in [2.05, 4.69) is 6.07 Å². The fraction of sp³-hybridized carbons (Fsp3) is 0.143. The summed E-state index contributed by atoms with van der Waals surface area (Å²) in [4.78, 5) is 4.78. The van der Waals surface area contributed by atoms with Crippen LogP contribution < -0.4 is 5.73 Å². The van der Waals surface area contributed by atoms with Gasteiger partial charge in [0.15, 0.2) is 0 Å². The van der Waals surface area contributed by atoms with Crippen LogP contribution in [0, 0.1) is 11.3 Å². The number of fused-ring (bicyclic) bond motifs is 2. The molecule has 0 saturated carbocycles. The van der Waals surface area contributed by atoms with Crippen LogP contribution in [0.5, 0.6) is 5.88 Å². The first-order valence-electron chi connectivity index (χ1n) is 8.55. The molecule has 0 saturated heterocycles. The number of nitrogens with two attached hydrogens (primary N) is 1. The van der Waals surface area contributed by atoms with Crippen LogP contribution in [0.4, 0.5) is 5.69 Å². The van der Waals surface area contributed by atoms with E-state index in [0.717, 1.165) is 28.5 Å². The van der Waals surface area contributed by atoms with Crippen molar-refractivity contribution in [3.63, 3.8) is 0 Å². The molecule has 4 aromatic rings. The average Bonchev–Trinajstić information content (AvgIpc) is 2.97. The van der Waals surface area contributed by atoms with Gasteiger partial charge in [0.05, 0.1) is 33.7 Å². The lowest BCUT2D eigenvalue weighted by molar-refractivity contribution is 0.421. The monoisotopic (exact) mass is 342 g/mol. The summed E-state index contributed by atoms with van der Waals surface area (Å²) < 4.78 is 1.77. The van der Waals surface area contributed by atoms with Crippen LogP contribution in [0.25, 0.3) is 32.9 Å². The molecule has 2 aromatic carbocycles. The summed E-state index contributed by atoms with van der Waals surface area (Å²) >= 11 is 0. The zero-order valence-electron chi connectivity index (χ0n) is 14.4. The van der Waals surface area contributed by atoms with Crippen molar-refractivity contribution in [1.29, 1.82) is 5.26 Å². The Morgan fingerprint density at radius 2 is 1.92 bits per heavy atom. The molecule has 0 spiro atoms. The Bertz CT molecular complexity index is 1180. The van der Waals surface area contributed by atoms with Crippen LogP contribution in [-0.4, -0.2) is 14.7 Å². The van der Waals surface area contributed by atoms with Crippen molar-refractivity contribution < 1.29 is 5.11 Å². The first-order chi connectivity index (χ1) is 12.7. The molecule has 3 N–H and O–H groups in total. The van der Waals surface area contributed by atoms with E-state index in [9.17, 15) is 10.4 Å². The predicted molar refractivity (Wildman–Crippen MR) is 104 cm³/mol. The Morgan fingerprint density at radius 3 is 2.69 bits per heavy atom. The maximum absolute atomic E-state index is 10.5. The summed E-state index contributed by atoms with van der Waals surface area (Å²) in [6.07, 6.45) is 2.73. The van der Waals surface area contributed by atoms with E-state index in [4.69, 9.17) is 10.7 Å². The summed E-state index contributed by atoms with van der Waals surface area (Å²) in [7, 11) is 0. The number of aromatic hydroxyl groups is 1. The first kappa shape index (κ1) is 16.0. The average molecular weight is 342 g/mol. The fourth-order valence-electron chi connectivity index (χ4n) is 3.46. The van der Waals surface area contributed by atoms with E-state index < -0.39 is 0 Å². The highest BCUT2D eigenvalue weighted by Crippen LogP contribution is 2.39. The van der Waals surface area contributed by atoms with Gasteiger partial charge in [-0.3, -0.25) is 0 Å². The highest BCUT2D eigenvalue weighted by atomic mass is 16.3. The van der Waals surface area contributed by atoms with Crippen LogP contribution in [-0.2, 0) is 6.54 Å². The number of benzene rings is 2. The fourth-order valence-corrected chi connectivity index (χ4v) is 3.46. The van der Waals surface area contributed by atoms with Gasteiger partial charge in [-0.2, -0.15) is 5.26 Å². The summed E-state index contributed by atoms with van der Waals surface area (Å²) in [5.74, 6) is 0.150. The lowest BCUT2D eigenvalue weighted by Gasteiger charge is -2.10. The SMILES string of the molecule is CCCn1cc2nc3c(-c4ccccc4C#N)cccc3c(N)c2c1O. The van der Waals surface area contributed by atoms with Gasteiger partial charge in [-0.25, -0.2) is 4.98 Å². The van der Waals surface area contributed by atoms with Gasteiger partial charge in [0.25, 0.3) is 0 Å². The molecule has 0 aliphatic heterocycles. The van der Waals surface area contributed by atoms with Crippen molar-refractivity contribution in [2.75, 3.05) is 5.73 Å². The van der Waals surface area contributed by atoms with Crippen molar-refractivity contribution in [2.24, 2.45) is 0 Å². The highest BCUT2D eigenvalue weighted by molar-refractivity contribution is 6.12. The smallest absolute Gasteiger partial charge is 0.202 e.